The average Bonchev–Trinajstić information content (AvgIpc) is 3.62. The van der Waals surface area contributed by atoms with Gasteiger partial charge in [-0.05, 0) is 74.7 Å². The third-order valence-electron chi connectivity index (χ3n) is 7.01. The Morgan fingerprint density at radius 2 is 1.64 bits per heavy atom. The standard InChI is InChI=1S/C34H35N3O6S2/c1-5-18-43-26-17-14-24(19-27(26)42-7-3)29-28(30(38)23-12-15-25(16-13-23)41-6-2)31(39)32(40)37(29)33-35-36-34(45-33)44-20-22-10-8-21(4)9-11-22/h8-17,19,29,38H,5-7,18,20H2,1-4H3/b30-28+. The van der Waals surface area contributed by atoms with Crippen molar-refractivity contribution in [3.05, 3.63) is 94.6 Å². The van der Waals surface area contributed by atoms with Crippen LogP contribution in [0, 0.1) is 6.92 Å². The van der Waals surface area contributed by atoms with Crippen molar-refractivity contribution < 1.29 is 28.9 Å². The number of hydrogen-bond donors (Lipinski definition) is 1. The summed E-state index contributed by atoms with van der Waals surface area (Å²) >= 11 is 2.72. The number of aromatic nitrogens is 2. The first-order valence-electron chi connectivity index (χ1n) is 14.8. The highest BCUT2D eigenvalue weighted by Crippen LogP contribution is 2.45. The van der Waals surface area contributed by atoms with Crippen LogP contribution < -0.4 is 19.1 Å². The Balaban J connectivity index is 1.56. The number of rotatable bonds is 13. The summed E-state index contributed by atoms with van der Waals surface area (Å²) in [6.45, 7) is 9.18. The first-order chi connectivity index (χ1) is 21.8. The van der Waals surface area contributed by atoms with E-state index >= 15 is 0 Å². The van der Waals surface area contributed by atoms with Crippen molar-refractivity contribution in [2.24, 2.45) is 0 Å². The minimum atomic E-state index is -0.987. The summed E-state index contributed by atoms with van der Waals surface area (Å²) in [7, 11) is 0. The molecule has 0 bridgehead atoms. The molecule has 1 aromatic heterocycles. The van der Waals surface area contributed by atoms with E-state index in [1.165, 1.54) is 33.6 Å². The van der Waals surface area contributed by atoms with E-state index in [1.807, 2.05) is 27.7 Å². The number of ether oxygens (including phenoxy) is 3. The number of aryl methyl sites for hydroxylation is 1. The molecule has 1 aliphatic rings. The summed E-state index contributed by atoms with van der Waals surface area (Å²) in [6, 6.07) is 19.3. The predicted molar refractivity (Wildman–Crippen MR) is 176 cm³/mol. The first-order valence-corrected chi connectivity index (χ1v) is 16.6. The van der Waals surface area contributed by atoms with Crippen molar-refractivity contribution in [3.8, 4) is 17.2 Å². The highest BCUT2D eigenvalue weighted by atomic mass is 32.2. The zero-order chi connectivity index (χ0) is 31.9. The first kappa shape index (κ1) is 32.1. The minimum Gasteiger partial charge on any atom is -0.507 e. The van der Waals surface area contributed by atoms with E-state index < -0.39 is 17.7 Å². The molecule has 5 rings (SSSR count). The molecule has 0 spiro atoms. The number of carbonyl (C=O) groups excluding carboxylic acids is 2. The van der Waals surface area contributed by atoms with Crippen molar-refractivity contribution in [1.29, 1.82) is 0 Å². The second-order valence-electron chi connectivity index (χ2n) is 10.2. The summed E-state index contributed by atoms with van der Waals surface area (Å²) < 4.78 is 18.0. The lowest BCUT2D eigenvalue weighted by Crippen LogP contribution is -2.29. The third-order valence-corrected chi connectivity index (χ3v) is 9.14. The molecule has 0 aliphatic carbocycles. The summed E-state index contributed by atoms with van der Waals surface area (Å²) in [5.41, 5.74) is 3.18. The molecule has 1 fully saturated rings. The average molecular weight is 646 g/mol. The molecular weight excluding hydrogens is 611 g/mol. The Bertz CT molecular complexity index is 1690. The maximum Gasteiger partial charge on any atom is 0.301 e. The second-order valence-corrected chi connectivity index (χ2v) is 12.4. The van der Waals surface area contributed by atoms with Gasteiger partial charge in [0.2, 0.25) is 5.13 Å². The van der Waals surface area contributed by atoms with E-state index in [0.29, 0.717) is 58.3 Å². The lowest BCUT2D eigenvalue weighted by atomic mass is 9.95. The Hall–Kier alpha value is -4.35. The summed E-state index contributed by atoms with van der Waals surface area (Å²) in [6.07, 6.45) is 0.816. The molecule has 1 unspecified atom stereocenters. The molecule has 234 valence electrons. The van der Waals surface area contributed by atoms with Crippen LogP contribution in [0.15, 0.2) is 76.6 Å². The lowest BCUT2D eigenvalue weighted by molar-refractivity contribution is -0.132. The highest BCUT2D eigenvalue weighted by Gasteiger charge is 2.48. The number of anilines is 1. The third kappa shape index (κ3) is 7.15. The van der Waals surface area contributed by atoms with Crippen molar-refractivity contribution in [3.63, 3.8) is 0 Å². The predicted octanol–water partition coefficient (Wildman–Crippen LogP) is 7.35. The Morgan fingerprint density at radius 1 is 0.911 bits per heavy atom. The number of aliphatic hydroxyl groups excluding tert-OH is 1. The monoisotopic (exact) mass is 645 g/mol. The molecule has 2 heterocycles. The van der Waals surface area contributed by atoms with Crippen LogP contribution in [-0.4, -0.2) is 46.8 Å². The van der Waals surface area contributed by atoms with Gasteiger partial charge in [-0.3, -0.25) is 14.5 Å². The van der Waals surface area contributed by atoms with Crippen molar-refractivity contribution >= 4 is 45.7 Å². The van der Waals surface area contributed by atoms with Gasteiger partial charge in [0.1, 0.15) is 11.5 Å². The molecule has 1 aliphatic heterocycles. The summed E-state index contributed by atoms with van der Waals surface area (Å²) in [5.74, 6) is 0.401. The lowest BCUT2D eigenvalue weighted by Gasteiger charge is -2.23. The molecule has 1 N–H and O–H groups in total. The van der Waals surface area contributed by atoms with Gasteiger partial charge in [-0.2, -0.15) is 0 Å². The highest BCUT2D eigenvalue weighted by molar-refractivity contribution is 8.00. The number of carbonyl (C=O) groups is 2. The van der Waals surface area contributed by atoms with Crippen LogP contribution in [0.1, 0.15) is 55.5 Å². The van der Waals surface area contributed by atoms with E-state index in [4.69, 9.17) is 14.2 Å². The Morgan fingerprint density at radius 3 is 2.33 bits per heavy atom. The van der Waals surface area contributed by atoms with Crippen molar-refractivity contribution in [2.45, 2.75) is 50.3 Å². The molecule has 11 heteroatoms. The van der Waals surface area contributed by atoms with Gasteiger partial charge in [-0.1, -0.05) is 65.9 Å². The van der Waals surface area contributed by atoms with Crippen LogP contribution in [0.4, 0.5) is 5.13 Å². The number of ketones is 1. The van der Waals surface area contributed by atoms with Crippen molar-refractivity contribution in [1.82, 2.24) is 10.2 Å². The van der Waals surface area contributed by atoms with E-state index in [2.05, 4.69) is 34.5 Å². The van der Waals surface area contributed by atoms with E-state index in [-0.39, 0.29) is 16.5 Å². The Kier molecular flexibility index (Phi) is 10.4. The molecule has 45 heavy (non-hydrogen) atoms. The molecular formula is C34H35N3O6S2. The fraction of sp³-hybridized carbons (Fsp3) is 0.294. The minimum absolute atomic E-state index is 0.0575. The smallest absolute Gasteiger partial charge is 0.301 e. The number of amides is 1. The number of benzene rings is 3. The number of thioether (sulfide) groups is 1. The fourth-order valence-electron chi connectivity index (χ4n) is 4.86. The van der Waals surface area contributed by atoms with Gasteiger partial charge in [-0.15, -0.1) is 10.2 Å². The van der Waals surface area contributed by atoms with Gasteiger partial charge in [0.15, 0.2) is 15.8 Å². The quantitative estimate of drug-likeness (QED) is 0.0524. The van der Waals surface area contributed by atoms with E-state index in [1.54, 1.807) is 42.5 Å². The van der Waals surface area contributed by atoms with Crippen molar-refractivity contribution in [2.75, 3.05) is 24.7 Å². The van der Waals surface area contributed by atoms with Crippen LogP contribution in [0.5, 0.6) is 17.2 Å². The number of hydrogen-bond acceptors (Lipinski definition) is 10. The van der Waals surface area contributed by atoms with Gasteiger partial charge >= 0.3 is 5.91 Å². The topological polar surface area (TPSA) is 111 Å². The molecule has 1 amide bonds. The molecule has 9 nitrogen and oxygen atoms in total. The number of nitrogens with zero attached hydrogens (tertiary/aromatic N) is 3. The van der Waals surface area contributed by atoms with Crippen LogP contribution in [0.2, 0.25) is 0 Å². The van der Waals surface area contributed by atoms with Crippen LogP contribution in [-0.2, 0) is 15.3 Å². The fourth-order valence-corrected chi connectivity index (χ4v) is 6.68. The van der Waals surface area contributed by atoms with Gasteiger partial charge in [0, 0.05) is 11.3 Å². The van der Waals surface area contributed by atoms with Crippen LogP contribution in [0.3, 0.4) is 0 Å². The molecule has 0 saturated carbocycles. The molecule has 1 saturated heterocycles. The summed E-state index contributed by atoms with van der Waals surface area (Å²) in [4.78, 5) is 28.7. The maximum atomic E-state index is 13.7. The van der Waals surface area contributed by atoms with E-state index in [0.717, 1.165) is 12.0 Å². The van der Waals surface area contributed by atoms with Crippen LogP contribution in [0.25, 0.3) is 5.76 Å². The zero-order valence-corrected chi connectivity index (χ0v) is 27.2. The molecule has 0 radical (unpaired) electrons. The van der Waals surface area contributed by atoms with E-state index in [9.17, 15) is 14.7 Å². The Labute approximate surface area is 270 Å². The van der Waals surface area contributed by atoms with Gasteiger partial charge in [0.25, 0.3) is 5.78 Å². The largest absolute Gasteiger partial charge is 0.507 e. The number of Topliss-reactive ketones (excluding diaryl/α,β-unsaturated/α-hetero) is 1. The second kappa shape index (κ2) is 14.6. The zero-order valence-electron chi connectivity index (χ0n) is 25.6. The molecule has 4 aromatic rings. The van der Waals surface area contributed by atoms with Gasteiger partial charge in [-0.25, -0.2) is 0 Å². The SMILES string of the molecule is CCCOc1ccc(C2/C(=C(\O)c3ccc(OCC)cc3)C(=O)C(=O)N2c2nnc(SCc3ccc(C)cc3)s2)cc1OCC. The van der Waals surface area contributed by atoms with Gasteiger partial charge < -0.3 is 19.3 Å². The molecule has 3 aromatic carbocycles. The van der Waals surface area contributed by atoms with Crippen LogP contribution >= 0.6 is 23.1 Å². The number of aliphatic hydroxyl groups is 1. The normalized spacial score (nSPS) is 15.8. The maximum absolute atomic E-state index is 13.7. The summed E-state index contributed by atoms with van der Waals surface area (Å²) in [5, 5.41) is 20.4. The van der Waals surface area contributed by atoms with Gasteiger partial charge in [0.05, 0.1) is 31.4 Å². The molecule has 1 atom stereocenters.